The predicted octanol–water partition coefficient (Wildman–Crippen LogP) is 2.08. The highest BCUT2D eigenvalue weighted by Gasteiger charge is 2.23. The Labute approximate surface area is 131 Å². The summed E-state index contributed by atoms with van der Waals surface area (Å²) < 4.78 is 27.1. The fourth-order valence-corrected chi connectivity index (χ4v) is 1.97. The van der Waals surface area contributed by atoms with Crippen molar-refractivity contribution < 1.29 is 23.5 Å². The average molecular weight is 335 g/mol. The van der Waals surface area contributed by atoms with Gasteiger partial charge in [-0.2, -0.15) is 0 Å². The Balaban J connectivity index is 2.78. The van der Waals surface area contributed by atoms with E-state index in [-0.39, 0.29) is 24.0 Å². The number of rotatable bonds is 5. The van der Waals surface area contributed by atoms with Crippen LogP contribution in [-0.2, 0) is 9.59 Å². The Kier molecular flexibility index (Phi) is 6.70. The summed E-state index contributed by atoms with van der Waals surface area (Å²) in [7, 11) is 0. The third-order valence-electron chi connectivity index (χ3n) is 3.01. The maximum absolute atomic E-state index is 13.5. The summed E-state index contributed by atoms with van der Waals surface area (Å²) in [5.74, 6) is -4.43. The summed E-state index contributed by atoms with van der Waals surface area (Å²) in [6.45, 7) is 3.44. The smallest absolute Gasteiger partial charge is 0.313 e. The van der Waals surface area contributed by atoms with Gasteiger partial charge in [0, 0.05) is 17.7 Å². The summed E-state index contributed by atoms with van der Waals surface area (Å²) in [6, 6.07) is 1.21. The van der Waals surface area contributed by atoms with Crippen molar-refractivity contribution in [3.63, 3.8) is 0 Å². The van der Waals surface area contributed by atoms with Crippen molar-refractivity contribution in [3.05, 3.63) is 28.8 Å². The minimum absolute atomic E-state index is 0.0205. The number of hydrogen-bond acceptors (Lipinski definition) is 3. The second kappa shape index (κ2) is 8.05. The predicted molar refractivity (Wildman–Crippen MR) is 78.5 cm³/mol. The maximum Gasteiger partial charge on any atom is 0.313 e. The molecule has 1 rings (SSSR count). The molecule has 0 aromatic heterocycles. The van der Waals surface area contributed by atoms with E-state index < -0.39 is 35.2 Å². The first-order valence-corrected chi connectivity index (χ1v) is 7.01. The highest BCUT2D eigenvalue weighted by molar-refractivity contribution is 6.39. The zero-order valence-electron chi connectivity index (χ0n) is 12.1. The van der Waals surface area contributed by atoms with Gasteiger partial charge in [0.2, 0.25) is 0 Å². The van der Waals surface area contributed by atoms with Crippen LogP contribution in [-0.4, -0.2) is 29.6 Å². The number of anilines is 1. The quantitative estimate of drug-likeness (QED) is 0.721. The van der Waals surface area contributed by atoms with Gasteiger partial charge in [-0.1, -0.05) is 25.4 Å². The number of benzene rings is 1. The highest BCUT2D eigenvalue weighted by atomic mass is 35.5. The molecular formula is C14H17ClF2N2O3. The molecule has 0 spiro atoms. The fraction of sp³-hybridized carbons (Fsp3) is 0.429. The lowest BCUT2D eigenvalue weighted by Gasteiger charge is -2.21. The van der Waals surface area contributed by atoms with E-state index in [2.05, 4.69) is 5.32 Å². The number of amides is 2. The van der Waals surface area contributed by atoms with Gasteiger partial charge in [-0.3, -0.25) is 9.59 Å². The van der Waals surface area contributed by atoms with Crippen LogP contribution in [0.25, 0.3) is 0 Å². The summed E-state index contributed by atoms with van der Waals surface area (Å²) in [4.78, 5) is 23.5. The van der Waals surface area contributed by atoms with Gasteiger partial charge in [0.25, 0.3) is 0 Å². The molecule has 0 aliphatic heterocycles. The van der Waals surface area contributed by atoms with E-state index in [4.69, 9.17) is 16.7 Å². The molecule has 0 radical (unpaired) electrons. The van der Waals surface area contributed by atoms with E-state index in [1.165, 1.54) is 0 Å². The fourth-order valence-electron chi connectivity index (χ4n) is 1.78. The van der Waals surface area contributed by atoms with Crippen molar-refractivity contribution in [1.29, 1.82) is 0 Å². The van der Waals surface area contributed by atoms with Crippen LogP contribution in [0.1, 0.15) is 20.3 Å². The molecule has 122 valence electrons. The molecular weight excluding hydrogens is 318 g/mol. The van der Waals surface area contributed by atoms with Gasteiger partial charge in [0.15, 0.2) is 11.6 Å². The molecule has 2 amide bonds. The standard InChI is InChI=1S/C14H17ClF2N2O3/c1-7(2)11(3-4-20)18-13(21)14(22)19-12-9(16)5-8(15)6-10(12)17/h5-7,11,20H,3-4H2,1-2H3,(H,18,21)(H,19,22). The Bertz CT molecular complexity index is 544. The first kappa shape index (κ1) is 18.3. The van der Waals surface area contributed by atoms with Gasteiger partial charge in [0.05, 0.1) is 0 Å². The van der Waals surface area contributed by atoms with Gasteiger partial charge in [0.1, 0.15) is 5.69 Å². The molecule has 5 nitrogen and oxygen atoms in total. The van der Waals surface area contributed by atoms with Crippen LogP contribution in [0, 0.1) is 17.6 Å². The number of halogens is 3. The minimum Gasteiger partial charge on any atom is -0.396 e. The highest BCUT2D eigenvalue weighted by Crippen LogP contribution is 2.23. The van der Waals surface area contributed by atoms with Gasteiger partial charge in [-0.15, -0.1) is 0 Å². The lowest BCUT2D eigenvalue weighted by Crippen LogP contribution is -2.44. The van der Waals surface area contributed by atoms with Crippen LogP contribution in [0.15, 0.2) is 12.1 Å². The molecule has 0 aliphatic carbocycles. The minimum atomic E-state index is -1.20. The normalized spacial score (nSPS) is 12.1. The average Bonchev–Trinajstić information content (AvgIpc) is 2.41. The van der Waals surface area contributed by atoms with Crippen molar-refractivity contribution in [2.75, 3.05) is 11.9 Å². The SMILES string of the molecule is CC(C)C(CCO)NC(=O)C(=O)Nc1c(F)cc(Cl)cc1F. The van der Waals surface area contributed by atoms with E-state index in [0.717, 1.165) is 12.1 Å². The maximum atomic E-state index is 13.5. The van der Waals surface area contributed by atoms with Crippen molar-refractivity contribution in [3.8, 4) is 0 Å². The van der Waals surface area contributed by atoms with E-state index in [1.54, 1.807) is 13.8 Å². The van der Waals surface area contributed by atoms with Crippen LogP contribution >= 0.6 is 11.6 Å². The van der Waals surface area contributed by atoms with Gasteiger partial charge >= 0.3 is 11.8 Å². The van der Waals surface area contributed by atoms with Crippen LogP contribution in [0.2, 0.25) is 5.02 Å². The van der Waals surface area contributed by atoms with Crippen LogP contribution in [0.4, 0.5) is 14.5 Å². The van der Waals surface area contributed by atoms with E-state index >= 15 is 0 Å². The molecule has 0 aliphatic rings. The molecule has 1 atom stereocenters. The van der Waals surface area contributed by atoms with Gasteiger partial charge < -0.3 is 15.7 Å². The summed E-state index contributed by atoms with van der Waals surface area (Å²) in [6.07, 6.45) is 0.264. The molecule has 22 heavy (non-hydrogen) atoms. The largest absolute Gasteiger partial charge is 0.396 e. The lowest BCUT2D eigenvalue weighted by atomic mass is 10.0. The van der Waals surface area contributed by atoms with Crippen LogP contribution in [0.5, 0.6) is 0 Å². The summed E-state index contributed by atoms with van der Waals surface area (Å²) >= 11 is 5.46. The second-order valence-electron chi connectivity index (χ2n) is 5.03. The van der Waals surface area contributed by atoms with Crippen LogP contribution in [0.3, 0.4) is 0 Å². The number of aliphatic hydroxyl groups is 1. The van der Waals surface area contributed by atoms with E-state index in [0.29, 0.717) is 0 Å². The van der Waals surface area contributed by atoms with Crippen molar-refractivity contribution in [2.24, 2.45) is 5.92 Å². The lowest BCUT2D eigenvalue weighted by molar-refractivity contribution is -0.136. The molecule has 8 heteroatoms. The zero-order valence-corrected chi connectivity index (χ0v) is 12.9. The van der Waals surface area contributed by atoms with E-state index in [1.807, 2.05) is 5.32 Å². The molecule has 0 saturated carbocycles. The van der Waals surface area contributed by atoms with Gasteiger partial charge in [-0.05, 0) is 24.5 Å². The van der Waals surface area contributed by atoms with Crippen LogP contribution < -0.4 is 10.6 Å². The third kappa shape index (κ3) is 4.92. The Morgan fingerprint density at radius 2 is 1.77 bits per heavy atom. The van der Waals surface area contributed by atoms with Crippen molar-refractivity contribution in [1.82, 2.24) is 5.32 Å². The number of carbonyl (C=O) groups excluding carboxylic acids is 2. The molecule has 0 bridgehead atoms. The molecule has 1 aromatic rings. The first-order valence-electron chi connectivity index (χ1n) is 6.63. The third-order valence-corrected chi connectivity index (χ3v) is 3.23. The number of hydrogen-bond donors (Lipinski definition) is 3. The van der Waals surface area contributed by atoms with Crippen molar-refractivity contribution >= 4 is 29.1 Å². The number of carbonyl (C=O) groups is 2. The molecule has 0 saturated heterocycles. The topological polar surface area (TPSA) is 78.4 Å². The van der Waals surface area contributed by atoms with Gasteiger partial charge in [-0.25, -0.2) is 8.78 Å². The number of aliphatic hydroxyl groups excluding tert-OH is 1. The zero-order chi connectivity index (χ0) is 16.9. The summed E-state index contributed by atoms with van der Waals surface area (Å²) in [5, 5.41) is 13.0. The summed E-state index contributed by atoms with van der Waals surface area (Å²) in [5.41, 5.74) is -0.743. The Morgan fingerprint density at radius 3 is 2.23 bits per heavy atom. The molecule has 0 fully saturated rings. The molecule has 1 aromatic carbocycles. The molecule has 0 heterocycles. The Morgan fingerprint density at radius 1 is 1.23 bits per heavy atom. The van der Waals surface area contributed by atoms with E-state index in [9.17, 15) is 18.4 Å². The molecule has 1 unspecified atom stereocenters. The second-order valence-corrected chi connectivity index (χ2v) is 5.47. The Hall–Kier alpha value is -1.73. The number of nitrogens with one attached hydrogen (secondary N) is 2. The van der Waals surface area contributed by atoms with Crippen molar-refractivity contribution in [2.45, 2.75) is 26.3 Å². The molecule has 3 N–H and O–H groups in total. The first-order chi connectivity index (χ1) is 10.3. The monoisotopic (exact) mass is 334 g/mol.